The third kappa shape index (κ3) is 1.63. The SMILES string of the molecule is Cc1cc(-n2ccc3ccccc32)nc(N)n1. The molecule has 17 heavy (non-hydrogen) atoms. The number of hydrogen-bond acceptors (Lipinski definition) is 3. The van der Waals surface area contributed by atoms with E-state index in [-0.39, 0.29) is 0 Å². The smallest absolute Gasteiger partial charge is 0.222 e. The number of fused-ring (bicyclic) bond motifs is 1. The number of para-hydroxylation sites is 1. The fourth-order valence-corrected chi connectivity index (χ4v) is 1.98. The average molecular weight is 224 g/mol. The summed E-state index contributed by atoms with van der Waals surface area (Å²) in [6, 6.07) is 12.1. The Balaban J connectivity index is 2.27. The maximum Gasteiger partial charge on any atom is 0.222 e. The Morgan fingerprint density at radius 3 is 2.76 bits per heavy atom. The highest BCUT2D eigenvalue weighted by Gasteiger charge is 2.05. The second-order valence-corrected chi connectivity index (χ2v) is 3.97. The quantitative estimate of drug-likeness (QED) is 0.690. The van der Waals surface area contributed by atoms with Crippen LogP contribution in [0.5, 0.6) is 0 Å². The van der Waals surface area contributed by atoms with Crippen LogP contribution in [0.2, 0.25) is 0 Å². The lowest BCUT2D eigenvalue weighted by Gasteiger charge is -2.05. The van der Waals surface area contributed by atoms with Gasteiger partial charge in [0.05, 0.1) is 5.52 Å². The van der Waals surface area contributed by atoms with Crippen LogP contribution in [0.4, 0.5) is 5.95 Å². The van der Waals surface area contributed by atoms with E-state index in [4.69, 9.17) is 5.73 Å². The molecule has 4 nitrogen and oxygen atoms in total. The number of anilines is 1. The molecule has 84 valence electrons. The Hall–Kier alpha value is -2.36. The average Bonchev–Trinajstić information content (AvgIpc) is 2.71. The summed E-state index contributed by atoms with van der Waals surface area (Å²) in [7, 11) is 0. The molecule has 2 N–H and O–H groups in total. The van der Waals surface area contributed by atoms with Crippen LogP contribution >= 0.6 is 0 Å². The number of benzene rings is 1. The van der Waals surface area contributed by atoms with Gasteiger partial charge in [0.15, 0.2) is 0 Å². The minimum absolute atomic E-state index is 0.304. The molecular formula is C13H12N4. The molecule has 2 aromatic heterocycles. The van der Waals surface area contributed by atoms with Crippen LogP contribution in [-0.2, 0) is 0 Å². The molecular weight excluding hydrogens is 212 g/mol. The van der Waals surface area contributed by atoms with Crippen LogP contribution in [0.15, 0.2) is 42.6 Å². The number of nitrogens with zero attached hydrogens (tertiary/aromatic N) is 3. The Labute approximate surface area is 98.7 Å². The summed E-state index contributed by atoms with van der Waals surface area (Å²) in [5.41, 5.74) is 7.66. The molecule has 0 saturated carbocycles. The maximum atomic E-state index is 5.67. The Kier molecular flexibility index (Phi) is 2.08. The number of aromatic nitrogens is 3. The van der Waals surface area contributed by atoms with Crippen molar-refractivity contribution in [2.75, 3.05) is 5.73 Å². The maximum absolute atomic E-state index is 5.67. The van der Waals surface area contributed by atoms with Gasteiger partial charge in [-0.05, 0) is 24.4 Å². The molecule has 4 heteroatoms. The highest BCUT2D eigenvalue weighted by molar-refractivity contribution is 5.81. The van der Waals surface area contributed by atoms with Crippen molar-refractivity contribution >= 4 is 16.9 Å². The van der Waals surface area contributed by atoms with Crippen LogP contribution in [0.3, 0.4) is 0 Å². The molecule has 0 radical (unpaired) electrons. The topological polar surface area (TPSA) is 56.7 Å². The van der Waals surface area contributed by atoms with Gasteiger partial charge in [0, 0.05) is 18.0 Å². The van der Waals surface area contributed by atoms with Gasteiger partial charge in [0.25, 0.3) is 0 Å². The molecule has 3 rings (SSSR count). The Bertz CT molecular complexity index is 664. The van der Waals surface area contributed by atoms with Gasteiger partial charge in [-0.25, -0.2) is 4.98 Å². The zero-order chi connectivity index (χ0) is 11.8. The van der Waals surface area contributed by atoms with E-state index in [9.17, 15) is 0 Å². The van der Waals surface area contributed by atoms with Crippen LogP contribution in [0.25, 0.3) is 16.7 Å². The van der Waals surface area contributed by atoms with E-state index in [0.29, 0.717) is 5.95 Å². The van der Waals surface area contributed by atoms with Gasteiger partial charge >= 0.3 is 0 Å². The van der Waals surface area contributed by atoms with Gasteiger partial charge in [-0.2, -0.15) is 4.98 Å². The van der Waals surface area contributed by atoms with Gasteiger partial charge < -0.3 is 10.3 Å². The van der Waals surface area contributed by atoms with Crippen molar-refractivity contribution in [1.29, 1.82) is 0 Å². The van der Waals surface area contributed by atoms with E-state index in [1.807, 2.05) is 35.9 Å². The first-order valence-electron chi connectivity index (χ1n) is 5.42. The predicted octanol–water partition coefficient (Wildman–Crippen LogP) is 2.31. The fraction of sp³-hybridized carbons (Fsp3) is 0.0769. The van der Waals surface area contributed by atoms with E-state index >= 15 is 0 Å². The molecule has 0 spiro atoms. The lowest BCUT2D eigenvalue weighted by atomic mass is 10.2. The minimum atomic E-state index is 0.304. The first-order chi connectivity index (χ1) is 8.24. The summed E-state index contributed by atoms with van der Waals surface area (Å²) in [6.07, 6.45) is 1.99. The van der Waals surface area contributed by atoms with Gasteiger partial charge in [0.2, 0.25) is 5.95 Å². The van der Waals surface area contributed by atoms with Crippen LogP contribution in [0, 0.1) is 6.92 Å². The fourth-order valence-electron chi connectivity index (χ4n) is 1.98. The predicted molar refractivity (Wildman–Crippen MR) is 68.0 cm³/mol. The Morgan fingerprint density at radius 2 is 1.94 bits per heavy atom. The number of aryl methyl sites for hydroxylation is 1. The van der Waals surface area contributed by atoms with Crippen LogP contribution in [0.1, 0.15) is 5.69 Å². The molecule has 0 unspecified atom stereocenters. The highest BCUT2D eigenvalue weighted by Crippen LogP contribution is 2.19. The number of nitrogens with two attached hydrogens (primary N) is 1. The molecule has 0 fully saturated rings. The van der Waals surface area contributed by atoms with E-state index in [2.05, 4.69) is 28.2 Å². The molecule has 0 aliphatic heterocycles. The standard InChI is InChI=1S/C13H12N4/c1-9-8-12(16-13(14)15-9)17-7-6-10-4-2-3-5-11(10)17/h2-8H,1H3,(H2,14,15,16). The molecule has 0 bridgehead atoms. The normalized spacial score (nSPS) is 10.9. The van der Waals surface area contributed by atoms with Crippen molar-refractivity contribution in [3.63, 3.8) is 0 Å². The minimum Gasteiger partial charge on any atom is -0.368 e. The van der Waals surface area contributed by atoms with Crippen molar-refractivity contribution in [1.82, 2.24) is 14.5 Å². The lowest BCUT2D eigenvalue weighted by molar-refractivity contribution is 1.00. The van der Waals surface area contributed by atoms with E-state index in [1.165, 1.54) is 5.39 Å². The van der Waals surface area contributed by atoms with Crippen LogP contribution < -0.4 is 5.73 Å². The first-order valence-corrected chi connectivity index (χ1v) is 5.42. The van der Waals surface area contributed by atoms with Crippen molar-refractivity contribution in [2.45, 2.75) is 6.92 Å². The Morgan fingerprint density at radius 1 is 1.12 bits per heavy atom. The third-order valence-electron chi connectivity index (χ3n) is 2.70. The van der Waals surface area contributed by atoms with Gasteiger partial charge in [-0.1, -0.05) is 18.2 Å². The number of hydrogen-bond donors (Lipinski definition) is 1. The van der Waals surface area contributed by atoms with Crippen molar-refractivity contribution in [3.05, 3.63) is 48.3 Å². The second kappa shape index (κ2) is 3.59. The monoisotopic (exact) mass is 224 g/mol. The molecule has 0 aliphatic rings. The summed E-state index contributed by atoms with van der Waals surface area (Å²) in [5.74, 6) is 1.11. The van der Waals surface area contributed by atoms with E-state index in [1.54, 1.807) is 0 Å². The molecule has 3 aromatic rings. The molecule has 0 saturated heterocycles. The highest BCUT2D eigenvalue weighted by atomic mass is 15.1. The summed E-state index contributed by atoms with van der Waals surface area (Å²) in [5, 5.41) is 1.18. The largest absolute Gasteiger partial charge is 0.368 e. The summed E-state index contributed by atoms with van der Waals surface area (Å²) < 4.78 is 2.01. The second-order valence-electron chi connectivity index (χ2n) is 3.97. The van der Waals surface area contributed by atoms with Gasteiger partial charge in [0.1, 0.15) is 5.82 Å². The van der Waals surface area contributed by atoms with E-state index < -0.39 is 0 Å². The molecule has 0 atom stereocenters. The summed E-state index contributed by atoms with van der Waals surface area (Å²) in [4.78, 5) is 8.33. The molecule has 0 amide bonds. The number of nitrogen functional groups attached to an aromatic ring is 1. The zero-order valence-corrected chi connectivity index (χ0v) is 9.46. The van der Waals surface area contributed by atoms with Gasteiger partial charge in [-0.15, -0.1) is 0 Å². The van der Waals surface area contributed by atoms with E-state index in [0.717, 1.165) is 17.0 Å². The first kappa shape index (κ1) is 9.84. The van der Waals surface area contributed by atoms with Gasteiger partial charge in [-0.3, -0.25) is 0 Å². The molecule has 1 aromatic carbocycles. The van der Waals surface area contributed by atoms with Crippen LogP contribution in [-0.4, -0.2) is 14.5 Å². The number of rotatable bonds is 1. The zero-order valence-electron chi connectivity index (χ0n) is 9.46. The third-order valence-corrected chi connectivity index (χ3v) is 2.70. The molecule has 0 aliphatic carbocycles. The van der Waals surface area contributed by atoms with Crippen molar-refractivity contribution in [3.8, 4) is 5.82 Å². The summed E-state index contributed by atoms with van der Waals surface area (Å²) in [6.45, 7) is 1.91. The summed E-state index contributed by atoms with van der Waals surface area (Å²) >= 11 is 0. The lowest BCUT2D eigenvalue weighted by Crippen LogP contribution is -2.03. The molecule has 2 heterocycles. The van der Waals surface area contributed by atoms with Crippen molar-refractivity contribution < 1.29 is 0 Å². The van der Waals surface area contributed by atoms with Crippen molar-refractivity contribution in [2.24, 2.45) is 0 Å².